The lowest BCUT2D eigenvalue weighted by molar-refractivity contribution is -0.150. The van der Waals surface area contributed by atoms with Crippen LogP contribution in [0.15, 0.2) is 11.3 Å². The Bertz CT molecular complexity index is 933. The number of nitrogens with zero attached hydrogens (tertiary/aromatic N) is 2. The summed E-state index contributed by atoms with van der Waals surface area (Å²) in [5, 5.41) is 13.2. The van der Waals surface area contributed by atoms with Crippen molar-refractivity contribution in [3.63, 3.8) is 0 Å². The Morgan fingerprint density at radius 1 is 1.39 bits per heavy atom. The normalized spacial score (nSPS) is 20.9. The van der Waals surface area contributed by atoms with Crippen LogP contribution in [-0.2, 0) is 19.2 Å². The monoisotopic (exact) mass is 464 g/mol. The average molecular weight is 465 g/mol. The lowest BCUT2D eigenvalue weighted by Crippen LogP contribution is -2.71. The maximum Gasteiger partial charge on any atom is 0.352 e. The largest absolute Gasteiger partial charge is 0.477 e. The van der Waals surface area contributed by atoms with Gasteiger partial charge in [0, 0.05) is 11.6 Å². The van der Waals surface area contributed by atoms with Crippen molar-refractivity contribution >= 4 is 81.4 Å². The van der Waals surface area contributed by atoms with Crippen LogP contribution in [0.1, 0.15) is 10.5 Å². The second-order valence-electron chi connectivity index (χ2n) is 5.48. The molecule has 0 aliphatic carbocycles. The molecular weight excluding hydrogens is 455 g/mol. The van der Waals surface area contributed by atoms with Crippen molar-refractivity contribution in [2.45, 2.75) is 11.4 Å². The predicted octanol–water partition coefficient (Wildman–Crippen LogP) is 0.525. The molecule has 3 rings (SSSR count). The van der Waals surface area contributed by atoms with Gasteiger partial charge in [0.1, 0.15) is 27.1 Å². The number of anilines is 1. The van der Waals surface area contributed by atoms with E-state index in [1.54, 1.807) is 0 Å². The van der Waals surface area contributed by atoms with Gasteiger partial charge in [-0.3, -0.25) is 24.1 Å². The Hall–Kier alpha value is -2.15. The number of aromatic nitrogens is 1. The van der Waals surface area contributed by atoms with Gasteiger partial charge < -0.3 is 15.7 Å². The molecule has 0 bridgehead atoms. The zero-order chi connectivity index (χ0) is 20.6. The number of thioether (sulfide) groups is 1. The molecule has 28 heavy (non-hydrogen) atoms. The quantitative estimate of drug-likeness (QED) is 0.174. The molecule has 3 amide bonds. The molecule has 2 atom stereocenters. The van der Waals surface area contributed by atoms with Gasteiger partial charge in [0.25, 0.3) is 17.6 Å². The van der Waals surface area contributed by atoms with E-state index in [9.17, 15) is 29.1 Å². The third kappa shape index (κ3) is 3.48. The molecule has 3 heterocycles. The number of β-lactam (4-membered cyclic amide) rings is 1. The van der Waals surface area contributed by atoms with E-state index < -0.39 is 35.0 Å². The summed E-state index contributed by atoms with van der Waals surface area (Å²) in [5.41, 5.74) is -0.161. The third-order valence-electron chi connectivity index (χ3n) is 3.89. The minimum Gasteiger partial charge on any atom is -0.477 e. The van der Waals surface area contributed by atoms with Gasteiger partial charge in [-0.15, -0.1) is 23.4 Å². The van der Waals surface area contributed by atoms with Crippen molar-refractivity contribution in [2.24, 2.45) is 0 Å². The topological polar surface area (TPSA) is 146 Å². The molecule has 2 aliphatic heterocycles. The molecule has 0 unspecified atom stereocenters. The molecule has 0 saturated carbocycles. The number of halogens is 2. The van der Waals surface area contributed by atoms with Crippen molar-refractivity contribution in [3.8, 4) is 0 Å². The van der Waals surface area contributed by atoms with Crippen molar-refractivity contribution < 1.29 is 29.1 Å². The Labute approximate surface area is 175 Å². The molecule has 3 N–H and O–H groups in total. The summed E-state index contributed by atoms with van der Waals surface area (Å²) in [6, 6.07) is -1.07. The van der Waals surface area contributed by atoms with E-state index in [0.717, 1.165) is 16.2 Å². The lowest BCUT2D eigenvalue weighted by atomic mass is 10.0. The standard InChI is InChI=1S/C14H10Cl2N4O6S2/c15-1-4-2-27-12-6(11(24)20(12)7(4)13(25)26)18-10(23)8(22)5-9(16)28-14(19-5)17-3-21/h3,6,12H,1-2H2,(H,18,23)(H,25,26)(H,17,19,21)/t6-,12+/m1/s1. The highest BCUT2D eigenvalue weighted by molar-refractivity contribution is 8.00. The minimum absolute atomic E-state index is 0.0368. The van der Waals surface area contributed by atoms with Gasteiger partial charge in [0.15, 0.2) is 5.13 Å². The fraction of sp³-hybridized carbons (Fsp3) is 0.286. The van der Waals surface area contributed by atoms with E-state index >= 15 is 0 Å². The van der Waals surface area contributed by atoms with Crippen LogP contribution < -0.4 is 10.6 Å². The molecule has 0 spiro atoms. The molecule has 148 valence electrons. The van der Waals surface area contributed by atoms with Gasteiger partial charge in [0.2, 0.25) is 6.41 Å². The summed E-state index contributed by atoms with van der Waals surface area (Å²) in [5.74, 6) is -3.92. The van der Waals surface area contributed by atoms with E-state index in [0.29, 0.717) is 12.0 Å². The van der Waals surface area contributed by atoms with Crippen molar-refractivity contribution in [1.29, 1.82) is 0 Å². The van der Waals surface area contributed by atoms with E-state index in [1.807, 2.05) is 0 Å². The first-order valence-corrected chi connectivity index (χ1v) is 10.3. The van der Waals surface area contributed by atoms with Crippen LogP contribution in [0.2, 0.25) is 4.34 Å². The predicted molar refractivity (Wildman–Crippen MR) is 102 cm³/mol. The van der Waals surface area contributed by atoms with E-state index in [4.69, 9.17) is 23.2 Å². The Balaban J connectivity index is 1.74. The van der Waals surface area contributed by atoms with E-state index in [-0.39, 0.29) is 32.5 Å². The molecule has 1 saturated heterocycles. The number of rotatable bonds is 7. The van der Waals surface area contributed by atoms with Crippen LogP contribution in [0, 0.1) is 0 Å². The van der Waals surface area contributed by atoms with Gasteiger partial charge in [-0.2, -0.15) is 0 Å². The minimum atomic E-state index is -1.29. The molecule has 14 heteroatoms. The molecule has 0 aromatic carbocycles. The van der Waals surface area contributed by atoms with Gasteiger partial charge in [-0.05, 0) is 5.57 Å². The Morgan fingerprint density at radius 3 is 2.71 bits per heavy atom. The summed E-state index contributed by atoms with van der Waals surface area (Å²) in [7, 11) is 0. The molecule has 1 aromatic rings. The summed E-state index contributed by atoms with van der Waals surface area (Å²) in [6.45, 7) is 0. The number of thiazole rings is 1. The number of carboxylic acids is 1. The van der Waals surface area contributed by atoms with Crippen LogP contribution in [0.25, 0.3) is 0 Å². The number of hydrogen-bond acceptors (Lipinski definition) is 8. The second-order valence-corrected chi connectivity index (χ2v) is 8.46. The highest BCUT2D eigenvalue weighted by Crippen LogP contribution is 2.40. The van der Waals surface area contributed by atoms with Gasteiger partial charge in [-0.1, -0.05) is 22.9 Å². The van der Waals surface area contributed by atoms with Gasteiger partial charge in [0.05, 0.1) is 0 Å². The summed E-state index contributed by atoms with van der Waals surface area (Å²) < 4.78 is -0.0963. The van der Waals surface area contributed by atoms with Gasteiger partial charge in [-0.25, -0.2) is 9.78 Å². The highest BCUT2D eigenvalue weighted by atomic mass is 35.5. The number of ketones is 1. The summed E-state index contributed by atoms with van der Waals surface area (Å²) >= 11 is 13.6. The van der Waals surface area contributed by atoms with Crippen molar-refractivity contribution in [1.82, 2.24) is 15.2 Å². The van der Waals surface area contributed by atoms with Crippen LogP contribution in [0.3, 0.4) is 0 Å². The van der Waals surface area contributed by atoms with Gasteiger partial charge >= 0.3 is 5.97 Å². The number of carbonyl (C=O) groups excluding carboxylic acids is 4. The Kier molecular flexibility index (Phi) is 5.93. The zero-order valence-electron chi connectivity index (χ0n) is 13.6. The number of amides is 3. The third-order valence-corrected chi connectivity index (χ3v) is 6.73. The van der Waals surface area contributed by atoms with Crippen LogP contribution in [-0.4, -0.2) is 68.0 Å². The average Bonchev–Trinajstić information content (AvgIpc) is 3.04. The second kappa shape index (κ2) is 8.07. The van der Waals surface area contributed by atoms with E-state index in [1.165, 1.54) is 11.8 Å². The molecule has 1 aromatic heterocycles. The van der Waals surface area contributed by atoms with Crippen molar-refractivity contribution in [2.75, 3.05) is 16.9 Å². The maximum absolute atomic E-state index is 12.4. The van der Waals surface area contributed by atoms with Crippen LogP contribution in [0.4, 0.5) is 5.13 Å². The molecule has 10 nitrogen and oxygen atoms in total. The lowest BCUT2D eigenvalue weighted by Gasteiger charge is -2.49. The number of carbonyl (C=O) groups is 5. The fourth-order valence-corrected chi connectivity index (χ4v) is 5.33. The number of hydrogen-bond donors (Lipinski definition) is 3. The number of fused-ring (bicyclic) bond motifs is 1. The molecular formula is C14H10Cl2N4O6S2. The van der Waals surface area contributed by atoms with Crippen molar-refractivity contribution in [3.05, 3.63) is 21.3 Å². The molecule has 1 fully saturated rings. The van der Waals surface area contributed by atoms with Crippen LogP contribution >= 0.6 is 46.3 Å². The first-order valence-electron chi connectivity index (χ1n) is 7.47. The first kappa shape index (κ1) is 20.6. The van der Waals surface area contributed by atoms with E-state index in [2.05, 4.69) is 15.6 Å². The van der Waals surface area contributed by atoms with Crippen LogP contribution in [0.5, 0.6) is 0 Å². The number of alkyl halides is 1. The molecule has 0 radical (unpaired) electrons. The first-order chi connectivity index (χ1) is 13.3. The number of Topliss-reactive ketones (excluding diaryl/α,β-unsaturated/α-hetero) is 1. The SMILES string of the molecule is O=CNc1nc(C(=O)C(=O)N[C@@H]2C(=O)N3C(C(=O)O)=C(CCl)CS[C@@H]23)c(Cl)s1. The maximum atomic E-state index is 12.4. The zero-order valence-corrected chi connectivity index (χ0v) is 16.7. The summed E-state index contributed by atoms with van der Waals surface area (Å²) in [6.07, 6.45) is 0.341. The summed E-state index contributed by atoms with van der Waals surface area (Å²) in [4.78, 5) is 63.6. The number of carboxylic acid groups (broad SMARTS) is 1. The molecule has 2 aliphatic rings. The number of aliphatic carboxylic acids is 1. The fourth-order valence-electron chi connectivity index (χ4n) is 2.65. The number of nitrogens with one attached hydrogen (secondary N) is 2. The smallest absolute Gasteiger partial charge is 0.352 e. The highest BCUT2D eigenvalue weighted by Gasteiger charge is 2.54. The Morgan fingerprint density at radius 2 is 2.11 bits per heavy atom.